The molecule has 1 aromatic carbocycles. The molecule has 0 saturated carbocycles. The van der Waals surface area contributed by atoms with Gasteiger partial charge in [0.15, 0.2) is 5.60 Å². The van der Waals surface area contributed by atoms with Crippen LogP contribution in [0, 0.1) is 12.7 Å². The lowest BCUT2D eigenvalue weighted by molar-refractivity contribution is -0.162. The van der Waals surface area contributed by atoms with Gasteiger partial charge in [-0.25, -0.2) is 14.2 Å². The Balaban J connectivity index is 1.91. The quantitative estimate of drug-likeness (QED) is 0.340. The molecule has 2 aliphatic rings. The second kappa shape index (κ2) is 9.87. The van der Waals surface area contributed by atoms with Crippen LogP contribution in [0.1, 0.15) is 48.6 Å². The van der Waals surface area contributed by atoms with Crippen LogP contribution in [0.2, 0.25) is 0 Å². The zero-order chi connectivity index (χ0) is 25.3. The highest BCUT2D eigenvalue weighted by molar-refractivity contribution is 5.93. The number of cyclic esters (lactones) is 1. The van der Waals surface area contributed by atoms with E-state index in [1.807, 2.05) is 25.1 Å². The number of nitrogens with one attached hydrogen (secondary N) is 1. The molecular weight excluding hydrogens is 449 g/mol. The second-order valence-corrected chi connectivity index (χ2v) is 9.33. The Kier molecular flexibility index (Phi) is 7.05. The smallest absolute Gasteiger partial charge is 0.343 e. The number of hydrogen-bond donors (Lipinski definition) is 2. The van der Waals surface area contributed by atoms with Crippen LogP contribution in [0.4, 0.5) is 4.39 Å². The van der Waals surface area contributed by atoms with E-state index in [2.05, 4.69) is 5.32 Å². The van der Waals surface area contributed by atoms with Crippen molar-refractivity contribution in [2.75, 3.05) is 27.2 Å². The molecule has 8 heteroatoms. The third-order valence-corrected chi connectivity index (χ3v) is 7.06. The normalized spacial score (nSPS) is 21.1. The number of fused-ring (bicyclic) bond motifs is 2. The molecule has 1 atom stereocenters. The Morgan fingerprint density at radius 2 is 2.11 bits per heavy atom. The van der Waals surface area contributed by atoms with Gasteiger partial charge in [-0.15, -0.1) is 0 Å². The summed E-state index contributed by atoms with van der Waals surface area (Å²) >= 11 is 0. The number of benzene rings is 1. The molecule has 2 aromatic rings. The average Bonchev–Trinajstić information content (AvgIpc) is 3.15. The maximum absolute atomic E-state index is 14.5. The molecule has 4 rings (SSSR count). The minimum atomic E-state index is -1.92. The lowest BCUT2D eigenvalue weighted by Crippen LogP contribution is -2.45. The fourth-order valence-electron chi connectivity index (χ4n) is 4.95. The molecule has 0 saturated heterocycles. The molecule has 186 valence electrons. The van der Waals surface area contributed by atoms with E-state index in [1.54, 1.807) is 19.9 Å². The molecule has 0 spiro atoms. The highest BCUT2D eigenvalue weighted by Crippen LogP contribution is 2.40. The van der Waals surface area contributed by atoms with Crippen LogP contribution in [-0.4, -0.2) is 60.1 Å². The molecule has 35 heavy (non-hydrogen) atoms. The number of aliphatic hydroxyl groups is 1. The molecular formula is C27H32FN3O4. The molecule has 0 unspecified atom stereocenters. The molecule has 0 amide bonds. The van der Waals surface area contributed by atoms with Crippen molar-refractivity contribution in [1.82, 2.24) is 15.2 Å². The molecule has 1 aromatic heterocycles. The minimum Gasteiger partial charge on any atom is -0.458 e. The number of rotatable bonds is 8. The molecule has 0 radical (unpaired) electrons. The summed E-state index contributed by atoms with van der Waals surface area (Å²) < 4.78 is 19.6. The van der Waals surface area contributed by atoms with Crippen molar-refractivity contribution in [2.24, 2.45) is 0 Å². The Bertz CT molecular complexity index is 1250. The number of pyridine rings is 1. The van der Waals surface area contributed by atoms with Crippen molar-refractivity contribution in [1.29, 1.82) is 0 Å². The maximum atomic E-state index is 14.5. The van der Waals surface area contributed by atoms with Crippen LogP contribution >= 0.6 is 0 Å². The van der Waals surface area contributed by atoms with Gasteiger partial charge in [-0.1, -0.05) is 6.92 Å². The third kappa shape index (κ3) is 4.36. The highest BCUT2D eigenvalue weighted by atomic mass is 19.1. The number of aldehydes is 1. The Morgan fingerprint density at radius 1 is 1.34 bits per heavy atom. The molecule has 0 aliphatic carbocycles. The van der Waals surface area contributed by atoms with Gasteiger partial charge < -0.3 is 20.1 Å². The highest BCUT2D eigenvalue weighted by Gasteiger charge is 2.44. The number of halogens is 1. The van der Waals surface area contributed by atoms with Gasteiger partial charge in [0, 0.05) is 41.8 Å². The Hall–Kier alpha value is -3.10. The first-order chi connectivity index (χ1) is 16.7. The minimum absolute atomic E-state index is 0.0607. The van der Waals surface area contributed by atoms with Crippen LogP contribution in [-0.2, 0) is 27.3 Å². The summed E-state index contributed by atoms with van der Waals surface area (Å²) in [6.07, 6.45) is 5.15. The van der Waals surface area contributed by atoms with E-state index in [4.69, 9.17) is 9.72 Å². The predicted octanol–water partition coefficient (Wildman–Crippen LogP) is 3.20. The molecule has 0 bridgehead atoms. The van der Waals surface area contributed by atoms with E-state index in [1.165, 1.54) is 6.07 Å². The lowest BCUT2D eigenvalue weighted by atomic mass is 9.85. The first-order valence-corrected chi connectivity index (χ1v) is 12.0. The summed E-state index contributed by atoms with van der Waals surface area (Å²) in [4.78, 5) is 31.1. The van der Waals surface area contributed by atoms with Crippen molar-refractivity contribution >= 4 is 28.9 Å². The summed E-state index contributed by atoms with van der Waals surface area (Å²) in [5, 5.41) is 15.3. The van der Waals surface area contributed by atoms with Crippen LogP contribution in [0.15, 0.2) is 29.4 Å². The molecule has 2 N–H and O–H groups in total. The maximum Gasteiger partial charge on any atom is 0.343 e. The van der Waals surface area contributed by atoms with Crippen LogP contribution in [0.5, 0.6) is 0 Å². The Labute approximate surface area is 204 Å². The van der Waals surface area contributed by atoms with Crippen molar-refractivity contribution in [3.8, 4) is 0 Å². The first-order valence-electron chi connectivity index (χ1n) is 12.0. The lowest BCUT2D eigenvalue weighted by Gasteiger charge is -2.32. The number of aromatic nitrogens is 1. The van der Waals surface area contributed by atoms with E-state index in [9.17, 15) is 19.1 Å². The van der Waals surface area contributed by atoms with Crippen molar-refractivity contribution < 1.29 is 23.8 Å². The summed E-state index contributed by atoms with van der Waals surface area (Å²) in [5.74, 6) is -1.09. The molecule has 3 heterocycles. The molecule has 0 fully saturated rings. The summed E-state index contributed by atoms with van der Waals surface area (Å²) in [6, 6.07) is 3.33. The second-order valence-electron chi connectivity index (χ2n) is 9.33. The van der Waals surface area contributed by atoms with Gasteiger partial charge in [-0.05, 0) is 69.5 Å². The summed E-state index contributed by atoms with van der Waals surface area (Å²) in [7, 11) is 3.83. The number of carbonyl (C=O) groups is 2. The number of aryl methyl sites for hydroxylation is 2. The van der Waals surface area contributed by atoms with Crippen LogP contribution in [0.3, 0.4) is 0 Å². The van der Waals surface area contributed by atoms with Gasteiger partial charge in [0.25, 0.3) is 0 Å². The van der Waals surface area contributed by atoms with Gasteiger partial charge in [0.05, 0.1) is 16.9 Å². The van der Waals surface area contributed by atoms with Gasteiger partial charge >= 0.3 is 5.97 Å². The summed E-state index contributed by atoms with van der Waals surface area (Å²) in [5.41, 5.74) is 3.22. The van der Waals surface area contributed by atoms with Gasteiger partial charge in [0.2, 0.25) is 0 Å². The van der Waals surface area contributed by atoms with Gasteiger partial charge in [0.1, 0.15) is 18.7 Å². The van der Waals surface area contributed by atoms with Crippen LogP contribution in [0.25, 0.3) is 16.6 Å². The number of ether oxygens (including phenoxy) is 1. The number of nitrogens with zero attached hydrogens (tertiary/aromatic N) is 2. The van der Waals surface area contributed by atoms with Gasteiger partial charge in [-0.3, -0.25) is 4.79 Å². The zero-order valence-corrected chi connectivity index (χ0v) is 20.7. The average molecular weight is 482 g/mol. The van der Waals surface area contributed by atoms with E-state index < -0.39 is 11.6 Å². The largest absolute Gasteiger partial charge is 0.458 e. The zero-order valence-electron chi connectivity index (χ0n) is 20.7. The number of hydrogen-bond acceptors (Lipinski definition) is 7. The SMILES string of the molecule is CC[C@@]1(O)C(=O)OCC(C=O)=C1/C=C1/c2nc3cc(F)c(C)cc3c(CCCCNC)c2CN1C. The van der Waals surface area contributed by atoms with E-state index >= 15 is 0 Å². The topological polar surface area (TPSA) is 91.8 Å². The van der Waals surface area contributed by atoms with E-state index in [0.29, 0.717) is 35.3 Å². The van der Waals surface area contributed by atoms with E-state index in [0.717, 1.165) is 42.3 Å². The molecule has 7 nitrogen and oxygen atoms in total. The van der Waals surface area contributed by atoms with E-state index in [-0.39, 0.29) is 30.0 Å². The summed E-state index contributed by atoms with van der Waals surface area (Å²) in [6.45, 7) is 4.73. The van der Waals surface area contributed by atoms with Gasteiger partial charge in [-0.2, -0.15) is 0 Å². The molecule has 2 aliphatic heterocycles. The van der Waals surface area contributed by atoms with Crippen molar-refractivity contribution in [2.45, 2.75) is 51.7 Å². The standard InChI is InChI=1S/C27H32FN3O4/c1-5-27(34)21(17(14-32)15-35-26(27)33)11-24-25-20(13-31(24)4)18(8-6-7-9-29-3)19-10-16(2)22(28)12-23(19)30-25/h10-12,14,29,34H,5-9,13,15H2,1-4H3/b24-11-/t27-/m0/s1. The van der Waals surface area contributed by atoms with Crippen LogP contribution < -0.4 is 5.32 Å². The number of esters is 1. The first kappa shape index (κ1) is 25.0. The third-order valence-electron chi connectivity index (χ3n) is 7.06. The fraction of sp³-hybridized carbons (Fsp3) is 0.444. The predicted molar refractivity (Wildman–Crippen MR) is 132 cm³/mol. The Morgan fingerprint density at radius 3 is 2.80 bits per heavy atom. The van der Waals surface area contributed by atoms with Crippen molar-refractivity contribution in [3.63, 3.8) is 0 Å². The number of carbonyl (C=O) groups excluding carboxylic acids is 2. The fourth-order valence-corrected chi connectivity index (χ4v) is 4.95. The number of unbranched alkanes of at least 4 members (excludes halogenated alkanes) is 1. The monoisotopic (exact) mass is 481 g/mol. The van der Waals surface area contributed by atoms with Crippen molar-refractivity contribution in [3.05, 3.63) is 57.6 Å².